The van der Waals surface area contributed by atoms with Crippen molar-refractivity contribution in [1.82, 2.24) is 10.2 Å². The maximum absolute atomic E-state index is 12.0. The molecule has 1 amide bonds. The van der Waals surface area contributed by atoms with E-state index in [1.54, 1.807) is 0 Å². The van der Waals surface area contributed by atoms with Gasteiger partial charge in [0, 0.05) is 25.0 Å². The number of nitrogens with one attached hydrogen (secondary N) is 1. The monoisotopic (exact) mass is 264 g/mol. The molecule has 0 spiro atoms. The molecular formula is C16H28N2O. The number of rotatable bonds is 5. The van der Waals surface area contributed by atoms with Gasteiger partial charge in [-0.15, -0.1) is 0 Å². The van der Waals surface area contributed by atoms with Gasteiger partial charge in [-0.3, -0.25) is 4.79 Å². The second kappa shape index (κ2) is 5.82. The Morgan fingerprint density at radius 3 is 2.74 bits per heavy atom. The van der Waals surface area contributed by atoms with E-state index in [-0.39, 0.29) is 0 Å². The van der Waals surface area contributed by atoms with Gasteiger partial charge in [0.15, 0.2) is 0 Å². The van der Waals surface area contributed by atoms with Crippen LogP contribution in [-0.4, -0.2) is 36.5 Å². The van der Waals surface area contributed by atoms with Crippen molar-refractivity contribution in [2.24, 2.45) is 17.8 Å². The molecular weight excluding hydrogens is 236 g/mol. The molecule has 0 aromatic heterocycles. The van der Waals surface area contributed by atoms with Gasteiger partial charge in [-0.1, -0.05) is 6.42 Å². The Labute approximate surface area is 117 Å². The second-order valence-electron chi connectivity index (χ2n) is 6.95. The fraction of sp³-hybridized carbons (Fsp3) is 0.938. The van der Waals surface area contributed by atoms with Gasteiger partial charge in [0.1, 0.15) is 0 Å². The van der Waals surface area contributed by atoms with Crippen molar-refractivity contribution in [3.05, 3.63) is 0 Å². The SMILES string of the molecule is CC1CCCCN1CCCNC(=O)C1CC2CC2C1. The van der Waals surface area contributed by atoms with E-state index in [2.05, 4.69) is 17.1 Å². The number of hydrogen-bond acceptors (Lipinski definition) is 2. The largest absolute Gasteiger partial charge is 0.356 e. The minimum atomic E-state index is 0.332. The van der Waals surface area contributed by atoms with Gasteiger partial charge in [-0.25, -0.2) is 0 Å². The van der Waals surface area contributed by atoms with Gasteiger partial charge in [0.05, 0.1) is 0 Å². The molecule has 2 saturated carbocycles. The van der Waals surface area contributed by atoms with Crippen LogP contribution in [0.1, 0.15) is 51.9 Å². The Bertz CT molecular complexity index is 321. The minimum absolute atomic E-state index is 0.332. The van der Waals surface area contributed by atoms with Crippen LogP contribution in [0, 0.1) is 17.8 Å². The van der Waals surface area contributed by atoms with E-state index in [9.17, 15) is 4.79 Å². The van der Waals surface area contributed by atoms with E-state index in [0.29, 0.717) is 11.8 Å². The molecule has 0 radical (unpaired) electrons. The highest BCUT2D eigenvalue weighted by Crippen LogP contribution is 2.54. The summed E-state index contributed by atoms with van der Waals surface area (Å²) < 4.78 is 0. The Kier molecular flexibility index (Phi) is 4.11. The number of hydrogen-bond donors (Lipinski definition) is 1. The highest BCUT2D eigenvalue weighted by atomic mass is 16.1. The van der Waals surface area contributed by atoms with E-state index in [0.717, 1.165) is 37.4 Å². The molecule has 1 saturated heterocycles. The maximum atomic E-state index is 12.0. The van der Waals surface area contributed by atoms with Crippen LogP contribution in [0.25, 0.3) is 0 Å². The lowest BCUT2D eigenvalue weighted by molar-refractivity contribution is -0.125. The molecule has 3 atom stereocenters. The zero-order chi connectivity index (χ0) is 13.2. The Balaban J connectivity index is 1.29. The summed E-state index contributed by atoms with van der Waals surface area (Å²) in [4.78, 5) is 14.6. The van der Waals surface area contributed by atoms with Gasteiger partial charge in [0.2, 0.25) is 5.91 Å². The number of carbonyl (C=O) groups excluding carboxylic acids is 1. The number of piperidine rings is 1. The first kappa shape index (κ1) is 13.4. The lowest BCUT2D eigenvalue weighted by Gasteiger charge is -2.33. The molecule has 3 heteroatoms. The lowest BCUT2D eigenvalue weighted by atomic mass is 10.0. The molecule has 3 nitrogen and oxygen atoms in total. The zero-order valence-corrected chi connectivity index (χ0v) is 12.2. The summed E-state index contributed by atoms with van der Waals surface area (Å²) in [6, 6.07) is 0.742. The number of fused-ring (bicyclic) bond motifs is 1. The smallest absolute Gasteiger partial charge is 0.223 e. The molecule has 3 unspecified atom stereocenters. The molecule has 3 fully saturated rings. The van der Waals surface area contributed by atoms with Crippen LogP contribution in [0.5, 0.6) is 0 Å². The molecule has 2 aliphatic carbocycles. The van der Waals surface area contributed by atoms with Gasteiger partial charge < -0.3 is 10.2 Å². The first-order valence-corrected chi connectivity index (χ1v) is 8.26. The van der Waals surface area contributed by atoms with Gasteiger partial charge in [-0.2, -0.15) is 0 Å². The van der Waals surface area contributed by atoms with E-state index in [1.807, 2.05) is 0 Å². The van der Waals surface area contributed by atoms with Crippen LogP contribution >= 0.6 is 0 Å². The highest BCUT2D eigenvalue weighted by Gasteiger charge is 2.47. The standard InChI is InChI=1S/C16H28N2O/c1-12-5-2-3-7-18(12)8-4-6-17-16(19)15-10-13-9-14(13)11-15/h12-15H,2-11H2,1H3,(H,17,19). The third kappa shape index (κ3) is 3.31. The van der Waals surface area contributed by atoms with Gasteiger partial charge >= 0.3 is 0 Å². The summed E-state index contributed by atoms with van der Waals surface area (Å²) in [5, 5.41) is 3.15. The summed E-state index contributed by atoms with van der Waals surface area (Å²) >= 11 is 0. The van der Waals surface area contributed by atoms with Crippen LogP contribution < -0.4 is 5.32 Å². The molecule has 3 aliphatic rings. The Hall–Kier alpha value is -0.570. The highest BCUT2D eigenvalue weighted by molar-refractivity contribution is 5.79. The molecule has 0 aromatic rings. The third-order valence-electron chi connectivity index (χ3n) is 5.48. The first-order chi connectivity index (χ1) is 9.24. The van der Waals surface area contributed by atoms with Crippen molar-refractivity contribution in [3.8, 4) is 0 Å². The summed E-state index contributed by atoms with van der Waals surface area (Å²) in [5.41, 5.74) is 0. The maximum Gasteiger partial charge on any atom is 0.223 e. The lowest BCUT2D eigenvalue weighted by Crippen LogP contribution is -2.39. The molecule has 19 heavy (non-hydrogen) atoms. The van der Waals surface area contributed by atoms with Crippen LogP contribution in [0.4, 0.5) is 0 Å². The number of carbonyl (C=O) groups is 1. The normalized spacial score (nSPS) is 37.9. The Morgan fingerprint density at radius 2 is 2.00 bits per heavy atom. The average Bonchev–Trinajstić information content (AvgIpc) is 3.03. The predicted molar refractivity (Wildman–Crippen MR) is 76.8 cm³/mol. The van der Waals surface area contributed by atoms with Crippen molar-refractivity contribution in [2.45, 2.75) is 57.9 Å². The summed E-state index contributed by atoms with van der Waals surface area (Å²) in [6.07, 6.45) is 8.92. The molecule has 1 aliphatic heterocycles. The van der Waals surface area contributed by atoms with Crippen LogP contribution in [0.2, 0.25) is 0 Å². The van der Waals surface area contributed by atoms with Crippen molar-refractivity contribution < 1.29 is 4.79 Å². The fourth-order valence-electron chi connectivity index (χ4n) is 4.06. The zero-order valence-electron chi connectivity index (χ0n) is 12.2. The predicted octanol–water partition coefficient (Wildman–Crippen LogP) is 2.41. The van der Waals surface area contributed by atoms with Crippen LogP contribution in [-0.2, 0) is 4.79 Å². The Morgan fingerprint density at radius 1 is 1.21 bits per heavy atom. The van der Waals surface area contributed by atoms with E-state index in [1.165, 1.54) is 45.1 Å². The number of nitrogens with zero attached hydrogens (tertiary/aromatic N) is 1. The molecule has 0 bridgehead atoms. The van der Waals surface area contributed by atoms with Crippen molar-refractivity contribution >= 4 is 5.91 Å². The van der Waals surface area contributed by atoms with E-state index < -0.39 is 0 Å². The van der Waals surface area contributed by atoms with E-state index >= 15 is 0 Å². The molecule has 0 aromatic carbocycles. The van der Waals surface area contributed by atoms with Crippen molar-refractivity contribution in [3.63, 3.8) is 0 Å². The molecule has 1 N–H and O–H groups in total. The number of likely N-dealkylation sites (tertiary alicyclic amines) is 1. The topological polar surface area (TPSA) is 32.3 Å². The van der Waals surface area contributed by atoms with Crippen LogP contribution in [0.3, 0.4) is 0 Å². The van der Waals surface area contributed by atoms with Crippen molar-refractivity contribution in [2.75, 3.05) is 19.6 Å². The summed E-state index contributed by atoms with van der Waals surface area (Å²) in [6.45, 7) is 5.61. The average molecular weight is 264 g/mol. The molecule has 3 rings (SSSR count). The van der Waals surface area contributed by atoms with Gasteiger partial charge in [-0.05, 0) is 63.8 Å². The number of amides is 1. The first-order valence-electron chi connectivity index (χ1n) is 8.26. The van der Waals surface area contributed by atoms with Crippen LogP contribution in [0.15, 0.2) is 0 Å². The van der Waals surface area contributed by atoms with Crippen molar-refractivity contribution in [1.29, 1.82) is 0 Å². The molecule has 1 heterocycles. The second-order valence-corrected chi connectivity index (χ2v) is 6.95. The minimum Gasteiger partial charge on any atom is -0.356 e. The summed E-state index contributed by atoms with van der Waals surface area (Å²) in [7, 11) is 0. The summed E-state index contributed by atoms with van der Waals surface area (Å²) in [5.74, 6) is 2.49. The quantitative estimate of drug-likeness (QED) is 0.773. The van der Waals surface area contributed by atoms with Gasteiger partial charge in [0.25, 0.3) is 0 Å². The fourth-order valence-corrected chi connectivity index (χ4v) is 4.06. The third-order valence-corrected chi connectivity index (χ3v) is 5.48. The molecule has 108 valence electrons. The van der Waals surface area contributed by atoms with E-state index in [4.69, 9.17) is 0 Å².